The second-order valence-electron chi connectivity index (χ2n) is 9.68. The van der Waals surface area contributed by atoms with E-state index < -0.39 is 5.91 Å². The van der Waals surface area contributed by atoms with Gasteiger partial charge >= 0.3 is 0 Å². The lowest BCUT2D eigenvalue weighted by atomic mass is 9.98. The van der Waals surface area contributed by atoms with Gasteiger partial charge in [-0.25, -0.2) is 9.97 Å². The number of para-hydroxylation sites is 1. The first-order chi connectivity index (χ1) is 18.0. The first-order valence-electron chi connectivity index (χ1n) is 12.7. The van der Waals surface area contributed by atoms with E-state index in [1.165, 1.54) is 24.7 Å². The predicted molar refractivity (Wildman–Crippen MR) is 146 cm³/mol. The number of nitrogens with one attached hydrogen (secondary N) is 1. The van der Waals surface area contributed by atoms with Crippen LogP contribution in [0.5, 0.6) is 0 Å². The van der Waals surface area contributed by atoms with E-state index >= 15 is 0 Å². The molecule has 1 atom stereocenters. The monoisotopic (exact) mass is 493 g/mol. The van der Waals surface area contributed by atoms with Crippen molar-refractivity contribution in [2.75, 3.05) is 18.4 Å². The first-order valence-corrected chi connectivity index (χ1v) is 12.7. The van der Waals surface area contributed by atoms with Crippen molar-refractivity contribution in [1.29, 1.82) is 0 Å². The third-order valence-electron chi connectivity index (χ3n) is 6.98. The number of aromatic nitrogens is 2. The Hall–Kier alpha value is -4.10. The minimum atomic E-state index is -0.526. The first kappa shape index (κ1) is 24.6. The lowest BCUT2D eigenvalue weighted by molar-refractivity contribution is 0.0988. The van der Waals surface area contributed by atoms with Crippen LogP contribution in [-0.2, 0) is 13.0 Å². The Morgan fingerprint density at radius 2 is 1.73 bits per heavy atom. The third-order valence-corrected chi connectivity index (χ3v) is 6.98. The summed E-state index contributed by atoms with van der Waals surface area (Å²) < 4.78 is 0. The molecule has 0 unspecified atom stereocenters. The summed E-state index contributed by atoms with van der Waals surface area (Å²) in [6.45, 7) is 5.30. The summed E-state index contributed by atoms with van der Waals surface area (Å²) in [4.78, 5) is 35.9. The Bertz CT molecular complexity index is 1430. The van der Waals surface area contributed by atoms with Crippen molar-refractivity contribution in [2.45, 2.75) is 38.8 Å². The van der Waals surface area contributed by atoms with Gasteiger partial charge in [-0.15, -0.1) is 0 Å². The van der Waals surface area contributed by atoms with E-state index in [9.17, 15) is 9.59 Å². The SMILES string of the molecule is C[C@@H](Nc1ncnc2c(C(N)=O)cccc12)c1cccc(CC(=O)c2ccc(CN3CCCC3)cc2)c1. The number of fused-ring (bicyclic) bond motifs is 1. The van der Waals surface area contributed by atoms with Gasteiger partial charge in [0.05, 0.1) is 11.1 Å². The van der Waals surface area contributed by atoms with Crippen LogP contribution in [0.1, 0.15) is 63.2 Å². The predicted octanol–water partition coefficient (Wildman–Crippen LogP) is 4.92. The highest BCUT2D eigenvalue weighted by Crippen LogP contribution is 2.26. The van der Waals surface area contributed by atoms with Gasteiger partial charge in [0, 0.05) is 30.0 Å². The summed E-state index contributed by atoms with van der Waals surface area (Å²) in [5.41, 5.74) is 10.4. The summed E-state index contributed by atoms with van der Waals surface area (Å²) in [7, 11) is 0. The van der Waals surface area contributed by atoms with E-state index in [1.807, 2.05) is 43.3 Å². The van der Waals surface area contributed by atoms with Crippen LogP contribution in [0, 0.1) is 0 Å². The van der Waals surface area contributed by atoms with Gasteiger partial charge in [-0.2, -0.15) is 0 Å². The zero-order valence-corrected chi connectivity index (χ0v) is 21.0. The van der Waals surface area contributed by atoms with E-state index in [4.69, 9.17) is 5.73 Å². The largest absolute Gasteiger partial charge is 0.366 e. The molecule has 0 spiro atoms. The zero-order chi connectivity index (χ0) is 25.8. The number of amides is 1. The number of Topliss-reactive ketones (excluding diaryl/α,β-unsaturated/α-hetero) is 1. The quantitative estimate of drug-likeness (QED) is 0.321. The fourth-order valence-corrected chi connectivity index (χ4v) is 4.94. The number of ketones is 1. The van der Waals surface area contributed by atoms with Gasteiger partial charge in [-0.05, 0) is 61.7 Å². The Morgan fingerprint density at radius 1 is 0.973 bits per heavy atom. The van der Waals surface area contributed by atoms with Crippen LogP contribution < -0.4 is 11.1 Å². The number of nitrogens with zero attached hydrogens (tertiary/aromatic N) is 3. The van der Waals surface area contributed by atoms with Crippen molar-refractivity contribution in [3.05, 3.63) is 101 Å². The molecule has 1 aliphatic rings. The van der Waals surface area contributed by atoms with Gasteiger partial charge in [0.15, 0.2) is 5.78 Å². The minimum Gasteiger partial charge on any atom is -0.366 e. The summed E-state index contributed by atoms with van der Waals surface area (Å²) in [5.74, 6) is 0.198. The highest BCUT2D eigenvalue weighted by molar-refractivity contribution is 6.06. The molecule has 3 aromatic carbocycles. The van der Waals surface area contributed by atoms with Crippen LogP contribution in [-0.4, -0.2) is 39.6 Å². The molecule has 1 fully saturated rings. The molecule has 1 saturated heterocycles. The van der Waals surface area contributed by atoms with Crippen molar-refractivity contribution in [3.63, 3.8) is 0 Å². The maximum atomic E-state index is 13.0. The summed E-state index contributed by atoms with van der Waals surface area (Å²) in [6.07, 6.45) is 4.31. The molecule has 0 radical (unpaired) electrons. The number of nitrogens with two attached hydrogens (primary N) is 1. The Kier molecular flexibility index (Phi) is 7.23. The van der Waals surface area contributed by atoms with Gasteiger partial charge in [0.1, 0.15) is 12.1 Å². The molecule has 37 heavy (non-hydrogen) atoms. The maximum Gasteiger partial charge on any atom is 0.250 e. The van der Waals surface area contributed by atoms with Crippen LogP contribution in [0.3, 0.4) is 0 Å². The average molecular weight is 494 g/mol. The number of rotatable bonds is 9. The number of carbonyl (C=O) groups is 2. The molecule has 1 aromatic heterocycles. The van der Waals surface area contributed by atoms with Crippen LogP contribution >= 0.6 is 0 Å². The molecule has 0 aliphatic carbocycles. The zero-order valence-electron chi connectivity index (χ0n) is 21.0. The van der Waals surface area contributed by atoms with Crippen molar-refractivity contribution < 1.29 is 9.59 Å². The van der Waals surface area contributed by atoms with E-state index in [-0.39, 0.29) is 11.8 Å². The number of hydrogen-bond acceptors (Lipinski definition) is 6. The van der Waals surface area contributed by atoms with Crippen LogP contribution in [0.15, 0.2) is 73.1 Å². The number of benzene rings is 3. The molecule has 0 bridgehead atoms. The Labute approximate surface area is 216 Å². The molecule has 7 heteroatoms. The molecule has 5 rings (SSSR count). The molecular formula is C30H31N5O2. The van der Waals surface area contributed by atoms with Gasteiger partial charge in [-0.1, -0.05) is 54.6 Å². The van der Waals surface area contributed by atoms with Crippen LogP contribution in [0.25, 0.3) is 10.9 Å². The van der Waals surface area contributed by atoms with Crippen molar-refractivity contribution in [1.82, 2.24) is 14.9 Å². The summed E-state index contributed by atoms with van der Waals surface area (Å²) >= 11 is 0. The lowest BCUT2D eigenvalue weighted by Gasteiger charge is -2.17. The highest BCUT2D eigenvalue weighted by atomic mass is 16.1. The van der Waals surface area contributed by atoms with Gasteiger partial charge in [-0.3, -0.25) is 14.5 Å². The fraction of sp³-hybridized carbons (Fsp3) is 0.267. The molecule has 2 heterocycles. The standard InChI is InChI=1S/C30H31N5O2/c1-20(34-30-26-9-5-8-25(29(31)37)28(26)32-19-33-30)24-7-4-6-22(16-24)17-27(36)23-12-10-21(11-13-23)18-35-14-2-3-15-35/h4-13,16,19-20H,2-3,14-15,17-18H2,1H3,(H2,31,37)(H,32,33,34)/t20-/m1/s1. The third kappa shape index (κ3) is 5.67. The lowest BCUT2D eigenvalue weighted by Crippen LogP contribution is -2.18. The Morgan fingerprint density at radius 3 is 2.49 bits per heavy atom. The van der Waals surface area contributed by atoms with E-state index in [0.717, 1.165) is 41.7 Å². The molecule has 0 saturated carbocycles. The molecule has 1 amide bonds. The molecule has 4 aromatic rings. The van der Waals surface area contributed by atoms with E-state index in [2.05, 4.69) is 38.4 Å². The molecule has 3 N–H and O–H groups in total. The van der Waals surface area contributed by atoms with Crippen molar-refractivity contribution in [3.8, 4) is 0 Å². The number of hydrogen-bond donors (Lipinski definition) is 2. The van der Waals surface area contributed by atoms with Gasteiger partial charge in [0.2, 0.25) is 0 Å². The second kappa shape index (κ2) is 10.9. The minimum absolute atomic E-state index is 0.0877. The number of carbonyl (C=O) groups excluding carboxylic acids is 2. The summed E-state index contributed by atoms with van der Waals surface area (Å²) in [6, 6.07) is 21.3. The fourth-order valence-electron chi connectivity index (χ4n) is 4.94. The smallest absolute Gasteiger partial charge is 0.250 e. The number of anilines is 1. The number of primary amides is 1. The van der Waals surface area contributed by atoms with Crippen LogP contribution in [0.2, 0.25) is 0 Å². The number of likely N-dealkylation sites (tertiary alicyclic amines) is 1. The van der Waals surface area contributed by atoms with Gasteiger partial charge in [0.25, 0.3) is 5.91 Å². The maximum absolute atomic E-state index is 13.0. The molecule has 1 aliphatic heterocycles. The van der Waals surface area contributed by atoms with Crippen molar-refractivity contribution in [2.24, 2.45) is 5.73 Å². The molecule has 188 valence electrons. The van der Waals surface area contributed by atoms with Crippen molar-refractivity contribution >= 4 is 28.4 Å². The molecular weight excluding hydrogens is 462 g/mol. The Balaban J connectivity index is 1.27. The van der Waals surface area contributed by atoms with Gasteiger partial charge < -0.3 is 11.1 Å². The van der Waals surface area contributed by atoms with Crippen LogP contribution in [0.4, 0.5) is 5.82 Å². The highest BCUT2D eigenvalue weighted by Gasteiger charge is 2.15. The molecule has 7 nitrogen and oxygen atoms in total. The average Bonchev–Trinajstić information content (AvgIpc) is 3.42. The topological polar surface area (TPSA) is 101 Å². The van der Waals surface area contributed by atoms with E-state index in [1.54, 1.807) is 12.1 Å². The summed E-state index contributed by atoms with van der Waals surface area (Å²) in [5, 5.41) is 4.15. The normalized spacial score (nSPS) is 14.5. The second-order valence-corrected chi connectivity index (χ2v) is 9.68. The van der Waals surface area contributed by atoms with E-state index in [0.29, 0.717) is 23.3 Å².